The Bertz CT molecular complexity index is 319. The van der Waals surface area contributed by atoms with Gasteiger partial charge in [0.1, 0.15) is 0 Å². The second kappa shape index (κ2) is 5.69. The Morgan fingerprint density at radius 2 is 1.89 bits per heavy atom. The Hall–Kier alpha value is -1.10. The average Bonchev–Trinajstić information content (AvgIpc) is 2.36. The van der Waals surface area contributed by atoms with E-state index >= 15 is 0 Å². The maximum Gasteiger partial charge on any atom is 0.311 e. The summed E-state index contributed by atoms with van der Waals surface area (Å²) >= 11 is 0. The van der Waals surface area contributed by atoms with Crippen molar-refractivity contribution in [3.63, 3.8) is 0 Å². The van der Waals surface area contributed by atoms with Crippen LogP contribution in [0, 0.1) is 10.8 Å². The van der Waals surface area contributed by atoms with Gasteiger partial charge in [-0.1, -0.05) is 20.8 Å². The molecule has 1 aliphatic rings. The second-order valence-corrected chi connectivity index (χ2v) is 5.62. The lowest BCUT2D eigenvalue weighted by Gasteiger charge is -2.34. The van der Waals surface area contributed by atoms with E-state index in [4.69, 9.17) is 4.74 Å². The van der Waals surface area contributed by atoms with Crippen LogP contribution in [0.5, 0.6) is 0 Å². The van der Waals surface area contributed by atoms with Crippen LogP contribution in [0.2, 0.25) is 0 Å². The molecule has 0 aromatic carbocycles. The van der Waals surface area contributed by atoms with Crippen LogP contribution in [-0.2, 0) is 14.3 Å². The lowest BCUT2D eigenvalue weighted by molar-refractivity contribution is -0.155. The number of carboxylic acids is 1. The number of hydrogen-bond donors (Lipinski definition) is 2. The fraction of sp³-hybridized carbons (Fsp3) is 0.846. The minimum absolute atomic E-state index is 0.0860. The number of rotatable bonds is 5. The van der Waals surface area contributed by atoms with Crippen LogP contribution < -0.4 is 5.32 Å². The van der Waals surface area contributed by atoms with Gasteiger partial charge >= 0.3 is 5.97 Å². The number of aliphatic carboxylic acids is 1. The van der Waals surface area contributed by atoms with E-state index in [1.54, 1.807) is 0 Å². The van der Waals surface area contributed by atoms with Gasteiger partial charge < -0.3 is 15.2 Å². The molecular formula is C13H23NO4. The Balaban J connectivity index is 2.64. The van der Waals surface area contributed by atoms with Crippen LogP contribution in [0.25, 0.3) is 0 Å². The lowest BCUT2D eigenvalue weighted by Crippen LogP contribution is -2.49. The molecule has 1 fully saturated rings. The maximum atomic E-state index is 12.0. The summed E-state index contributed by atoms with van der Waals surface area (Å²) in [5, 5.41) is 12.1. The Morgan fingerprint density at radius 1 is 1.33 bits per heavy atom. The third-order valence-corrected chi connectivity index (χ3v) is 3.99. The first-order valence-corrected chi connectivity index (χ1v) is 6.43. The fourth-order valence-corrected chi connectivity index (χ4v) is 1.88. The van der Waals surface area contributed by atoms with E-state index in [2.05, 4.69) is 5.32 Å². The van der Waals surface area contributed by atoms with Gasteiger partial charge in [-0.2, -0.15) is 0 Å². The van der Waals surface area contributed by atoms with E-state index in [9.17, 15) is 14.7 Å². The number of ether oxygens (including phenoxy) is 1. The van der Waals surface area contributed by atoms with Crippen molar-refractivity contribution in [3.05, 3.63) is 0 Å². The molecule has 1 aliphatic heterocycles. The normalized spacial score (nSPS) is 19.3. The zero-order chi connectivity index (χ0) is 13.8. The van der Waals surface area contributed by atoms with Crippen molar-refractivity contribution in [1.82, 2.24) is 5.32 Å². The zero-order valence-electron chi connectivity index (χ0n) is 11.4. The van der Waals surface area contributed by atoms with Gasteiger partial charge in [0, 0.05) is 25.2 Å². The van der Waals surface area contributed by atoms with Gasteiger partial charge in [0.05, 0.1) is 5.41 Å². The molecule has 0 aromatic rings. The summed E-state index contributed by atoms with van der Waals surface area (Å²) < 4.78 is 5.19. The van der Waals surface area contributed by atoms with Gasteiger partial charge in [-0.3, -0.25) is 9.59 Å². The molecule has 0 spiro atoms. The summed E-state index contributed by atoms with van der Waals surface area (Å²) in [6.45, 7) is 6.74. The van der Waals surface area contributed by atoms with Gasteiger partial charge in [0.25, 0.3) is 0 Å². The van der Waals surface area contributed by atoms with E-state index in [0.29, 0.717) is 26.1 Å². The van der Waals surface area contributed by atoms with E-state index in [1.165, 1.54) is 0 Å². The molecule has 5 heteroatoms. The van der Waals surface area contributed by atoms with Crippen LogP contribution >= 0.6 is 0 Å². The van der Waals surface area contributed by atoms with Gasteiger partial charge in [-0.05, 0) is 19.3 Å². The maximum absolute atomic E-state index is 12.0. The van der Waals surface area contributed by atoms with Crippen LogP contribution in [-0.4, -0.2) is 36.7 Å². The molecule has 1 amide bonds. The highest BCUT2D eigenvalue weighted by molar-refractivity contribution is 5.83. The number of amides is 1. The van der Waals surface area contributed by atoms with Crippen molar-refractivity contribution in [1.29, 1.82) is 0 Å². The van der Waals surface area contributed by atoms with Crippen molar-refractivity contribution >= 4 is 11.9 Å². The molecule has 0 bridgehead atoms. The molecule has 5 nitrogen and oxygen atoms in total. The summed E-state index contributed by atoms with van der Waals surface area (Å²) in [6, 6.07) is 0. The monoisotopic (exact) mass is 257 g/mol. The lowest BCUT2D eigenvalue weighted by atomic mass is 9.79. The standard InChI is InChI=1S/C13H23NO4/c1-4-12(2,3)10(15)14-9-13(11(16)17)5-7-18-8-6-13/h4-9H2,1-3H3,(H,14,15)(H,16,17). The summed E-state index contributed by atoms with van der Waals surface area (Å²) in [4.78, 5) is 23.4. The van der Waals surface area contributed by atoms with Gasteiger partial charge in [-0.25, -0.2) is 0 Å². The number of carbonyl (C=O) groups is 2. The predicted octanol–water partition coefficient (Wildman–Crippen LogP) is 1.42. The molecule has 1 rings (SSSR count). The van der Waals surface area contributed by atoms with Gasteiger partial charge in [0.2, 0.25) is 5.91 Å². The highest BCUT2D eigenvalue weighted by Gasteiger charge is 2.41. The van der Waals surface area contributed by atoms with Crippen molar-refractivity contribution in [2.24, 2.45) is 10.8 Å². The van der Waals surface area contributed by atoms with Crippen LogP contribution in [0.1, 0.15) is 40.0 Å². The Labute approximate surface area is 108 Å². The smallest absolute Gasteiger partial charge is 0.311 e. The summed E-state index contributed by atoms with van der Waals surface area (Å²) in [5.74, 6) is -0.933. The largest absolute Gasteiger partial charge is 0.481 e. The summed E-state index contributed by atoms with van der Waals surface area (Å²) in [6.07, 6.45) is 1.63. The van der Waals surface area contributed by atoms with Crippen molar-refractivity contribution in [2.45, 2.75) is 40.0 Å². The fourth-order valence-electron chi connectivity index (χ4n) is 1.88. The molecular weight excluding hydrogens is 234 g/mol. The van der Waals surface area contributed by atoms with Crippen LogP contribution in [0.15, 0.2) is 0 Å². The number of nitrogens with one attached hydrogen (secondary N) is 1. The average molecular weight is 257 g/mol. The zero-order valence-corrected chi connectivity index (χ0v) is 11.4. The Morgan fingerprint density at radius 3 is 2.33 bits per heavy atom. The third kappa shape index (κ3) is 3.22. The van der Waals surface area contributed by atoms with Gasteiger partial charge in [0.15, 0.2) is 0 Å². The van der Waals surface area contributed by atoms with Crippen LogP contribution in [0.3, 0.4) is 0 Å². The highest BCUT2D eigenvalue weighted by Crippen LogP contribution is 2.30. The predicted molar refractivity (Wildman–Crippen MR) is 67.2 cm³/mol. The SMILES string of the molecule is CCC(C)(C)C(=O)NCC1(C(=O)O)CCOCC1. The molecule has 0 aliphatic carbocycles. The van der Waals surface area contributed by atoms with E-state index < -0.39 is 16.8 Å². The van der Waals surface area contributed by atoms with E-state index in [-0.39, 0.29) is 12.5 Å². The molecule has 2 N–H and O–H groups in total. The number of hydrogen-bond acceptors (Lipinski definition) is 3. The molecule has 104 valence electrons. The molecule has 1 heterocycles. The van der Waals surface area contributed by atoms with E-state index in [1.807, 2.05) is 20.8 Å². The first-order chi connectivity index (χ1) is 8.34. The molecule has 0 radical (unpaired) electrons. The number of carboxylic acid groups (broad SMARTS) is 1. The first kappa shape index (κ1) is 15.0. The summed E-state index contributed by atoms with van der Waals surface area (Å²) in [5.41, 5.74) is -1.32. The number of carbonyl (C=O) groups excluding carboxylic acids is 1. The molecule has 0 aromatic heterocycles. The van der Waals surface area contributed by atoms with Crippen molar-refractivity contribution in [3.8, 4) is 0 Å². The van der Waals surface area contributed by atoms with Gasteiger partial charge in [-0.15, -0.1) is 0 Å². The molecule has 18 heavy (non-hydrogen) atoms. The van der Waals surface area contributed by atoms with Crippen LogP contribution in [0.4, 0.5) is 0 Å². The molecule has 0 saturated carbocycles. The van der Waals surface area contributed by atoms with Crippen molar-refractivity contribution < 1.29 is 19.4 Å². The van der Waals surface area contributed by atoms with E-state index in [0.717, 1.165) is 6.42 Å². The quantitative estimate of drug-likeness (QED) is 0.781. The summed E-state index contributed by atoms with van der Waals surface area (Å²) in [7, 11) is 0. The molecule has 1 saturated heterocycles. The Kier molecular flexibility index (Phi) is 4.73. The topological polar surface area (TPSA) is 75.6 Å². The first-order valence-electron chi connectivity index (χ1n) is 6.43. The minimum atomic E-state index is -0.863. The minimum Gasteiger partial charge on any atom is -0.481 e. The third-order valence-electron chi connectivity index (χ3n) is 3.99. The second-order valence-electron chi connectivity index (χ2n) is 5.62. The van der Waals surface area contributed by atoms with Crippen molar-refractivity contribution in [2.75, 3.05) is 19.8 Å². The highest BCUT2D eigenvalue weighted by atomic mass is 16.5. The molecule has 0 unspecified atom stereocenters. The molecule has 0 atom stereocenters.